The van der Waals surface area contributed by atoms with Crippen molar-refractivity contribution in [2.24, 2.45) is 0 Å². The SMILES string of the molecule is [2H]c1c([2H])c([2H])c(-c2cnc(Cl)cc2C)c([2H])c1[2H]. The summed E-state index contributed by atoms with van der Waals surface area (Å²) in [5, 5.41) is 0.300. The lowest BCUT2D eigenvalue weighted by atomic mass is 10.0. The Bertz CT molecular complexity index is 643. The summed E-state index contributed by atoms with van der Waals surface area (Å²) >= 11 is 5.76. The molecule has 0 aliphatic carbocycles. The van der Waals surface area contributed by atoms with Gasteiger partial charge in [-0.25, -0.2) is 4.98 Å². The molecule has 0 aliphatic rings. The van der Waals surface area contributed by atoms with Crippen LogP contribution in [0.2, 0.25) is 5.15 Å². The van der Waals surface area contributed by atoms with E-state index >= 15 is 0 Å². The van der Waals surface area contributed by atoms with Crippen LogP contribution in [0.4, 0.5) is 0 Å². The van der Waals surface area contributed by atoms with Gasteiger partial charge in [-0.3, -0.25) is 0 Å². The summed E-state index contributed by atoms with van der Waals surface area (Å²) in [4.78, 5) is 3.91. The predicted octanol–water partition coefficient (Wildman–Crippen LogP) is 3.71. The van der Waals surface area contributed by atoms with Crippen LogP contribution in [0, 0.1) is 6.92 Å². The standard InChI is InChI=1S/C12H10ClN/c1-9-7-12(13)14-8-11(9)10-5-3-2-4-6-10/h2-8H,1H3/i2D,3D,4D,5D,6D. The summed E-state index contributed by atoms with van der Waals surface area (Å²) in [7, 11) is 0. The van der Waals surface area contributed by atoms with E-state index in [4.69, 9.17) is 18.5 Å². The zero-order chi connectivity index (χ0) is 14.3. The largest absolute Gasteiger partial charge is 0.244 e. The highest BCUT2D eigenvalue weighted by atomic mass is 35.5. The Kier molecular flexibility index (Phi) is 1.34. The Hall–Kier alpha value is -1.34. The molecule has 0 atom stereocenters. The van der Waals surface area contributed by atoms with Gasteiger partial charge >= 0.3 is 0 Å². The van der Waals surface area contributed by atoms with Crippen LogP contribution in [0.15, 0.2) is 42.5 Å². The minimum absolute atomic E-state index is 0.146. The van der Waals surface area contributed by atoms with E-state index in [9.17, 15) is 0 Å². The highest BCUT2D eigenvalue weighted by Crippen LogP contribution is 2.23. The second-order valence-electron chi connectivity index (χ2n) is 2.82. The third-order valence-corrected chi connectivity index (χ3v) is 2.05. The average molecular weight is 209 g/mol. The molecule has 0 spiro atoms. The van der Waals surface area contributed by atoms with Gasteiger partial charge in [0.1, 0.15) is 5.15 Å². The lowest BCUT2D eigenvalue weighted by molar-refractivity contribution is 1.29. The maximum absolute atomic E-state index is 7.89. The van der Waals surface area contributed by atoms with Crippen molar-refractivity contribution in [1.29, 1.82) is 0 Å². The first-order valence-electron chi connectivity index (χ1n) is 6.54. The molecule has 70 valence electrons. The van der Waals surface area contributed by atoms with Crippen LogP contribution >= 0.6 is 11.6 Å². The van der Waals surface area contributed by atoms with E-state index in [1.165, 1.54) is 6.20 Å². The molecular formula is C12H10ClN. The molecule has 0 radical (unpaired) electrons. The normalized spacial score (nSPS) is 15.1. The highest BCUT2D eigenvalue weighted by Gasteiger charge is 2.01. The van der Waals surface area contributed by atoms with Gasteiger partial charge in [0.2, 0.25) is 0 Å². The molecule has 0 unspecified atom stereocenters. The number of rotatable bonds is 1. The van der Waals surface area contributed by atoms with Crippen molar-refractivity contribution in [1.82, 2.24) is 4.98 Å². The Labute approximate surface area is 95.4 Å². The smallest absolute Gasteiger partial charge is 0.129 e. The van der Waals surface area contributed by atoms with Gasteiger partial charge in [-0.1, -0.05) is 41.8 Å². The fraction of sp³-hybridized carbons (Fsp3) is 0.0833. The third kappa shape index (κ3) is 1.78. The zero-order valence-electron chi connectivity index (χ0n) is 12.5. The lowest BCUT2D eigenvalue weighted by Crippen LogP contribution is -1.85. The fourth-order valence-electron chi connectivity index (χ4n) is 1.17. The molecule has 2 aromatic rings. The van der Waals surface area contributed by atoms with Gasteiger partial charge in [0.05, 0.1) is 6.85 Å². The number of benzene rings is 1. The maximum atomic E-state index is 7.89. The van der Waals surface area contributed by atoms with Crippen molar-refractivity contribution in [3.05, 3.63) is 53.2 Å². The number of aromatic nitrogens is 1. The van der Waals surface area contributed by atoms with E-state index < -0.39 is 6.04 Å². The quantitative estimate of drug-likeness (QED) is 0.651. The molecule has 0 fully saturated rings. The zero-order valence-corrected chi connectivity index (χ0v) is 8.24. The topological polar surface area (TPSA) is 12.9 Å². The lowest BCUT2D eigenvalue weighted by Gasteiger charge is -2.04. The van der Waals surface area contributed by atoms with Gasteiger partial charge in [0.15, 0.2) is 0 Å². The van der Waals surface area contributed by atoms with Crippen LogP contribution in [0.25, 0.3) is 11.1 Å². The molecule has 2 heteroatoms. The summed E-state index contributed by atoms with van der Waals surface area (Å²) in [5.74, 6) is 0. The molecule has 1 aromatic heterocycles. The second-order valence-corrected chi connectivity index (χ2v) is 3.21. The van der Waals surface area contributed by atoms with Crippen molar-refractivity contribution in [3.8, 4) is 11.1 Å². The molecule has 0 amide bonds. The third-order valence-electron chi connectivity index (χ3n) is 1.85. The highest BCUT2D eigenvalue weighted by molar-refractivity contribution is 6.29. The summed E-state index contributed by atoms with van der Waals surface area (Å²) in [5.41, 5.74) is 1.34. The van der Waals surface area contributed by atoms with Gasteiger partial charge in [-0.05, 0) is 24.1 Å². The molecule has 0 aliphatic heterocycles. The molecular weight excluding hydrogens is 194 g/mol. The summed E-state index contributed by atoms with van der Waals surface area (Å²) < 4.78 is 38.6. The van der Waals surface area contributed by atoms with E-state index in [2.05, 4.69) is 4.98 Å². The average Bonchev–Trinajstić information content (AvgIpc) is 2.37. The minimum Gasteiger partial charge on any atom is -0.244 e. The van der Waals surface area contributed by atoms with E-state index in [1.807, 2.05) is 0 Å². The summed E-state index contributed by atoms with van der Waals surface area (Å²) in [6, 6.07) is 0.00270. The Balaban J connectivity index is 2.83. The molecule has 2 rings (SSSR count). The van der Waals surface area contributed by atoms with Crippen molar-refractivity contribution in [2.75, 3.05) is 0 Å². The van der Waals surface area contributed by atoms with Gasteiger partial charge in [-0.2, -0.15) is 0 Å². The van der Waals surface area contributed by atoms with Crippen LogP contribution in [-0.4, -0.2) is 4.98 Å². The Morgan fingerprint density at radius 1 is 1.29 bits per heavy atom. The number of pyridine rings is 1. The summed E-state index contributed by atoms with van der Waals surface area (Å²) in [6.45, 7) is 1.75. The Morgan fingerprint density at radius 2 is 2.00 bits per heavy atom. The van der Waals surface area contributed by atoms with Gasteiger partial charge in [0, 0.05) is 11.8 Å². The minimum atomic E-state index is -0.404. The van der Waals surface area contributed by atoms with Crippen molar-refractivity contribution in [2.45, 2.75) is 6.92 Å². The molecule has 1 heterocycles. The molecule has 0 N–H and O–H groups in total. The van der Waals surface area contributed by atoms with E-state index in [0.717, 1.165) is 0 Å². The van der Waals surface area contributed by atoms with Crippen molar-refractivity contribution >= 4 is 11.6 Å². The Morgan fingerprint density at radius 3 is 2.64 bits per heavy atom. The summed E-state index contributed by atoms with van der Waals surface area (Å²) in [6.07, 6.45) is 1.42. The molecule has 0 bridgehead atoms. The van der Waals surface area contributed by atoms with Crippen molar-refractivity contribution in [3.63, 3.8) is 0 Å². The van der Waals surface area contributed by atoms with E-state index in [-0.39, 0.29) is 29.7 Å². The first-order valence-corrected chi connectivity index (χ1v) is 4.41. The molecule has 0 saturated carbocycles. The van der Waals surface area contributed by atoms with Crippen LogP contribution in [-0.2, 0) is 0 Å². The van der Waals surface area contributed by atoms with E-state index in [1.54, 1.807) is 13.0 Å². The number of halogens is 1. The van der Waals surface area contributed by atoms with Gasteiger partial charge in [0.25, 0.3) is 0 Å². The van der Waals surface area contributed by atoms with Gasteiger partial charge < -0.3 is 0 Å². The predicted molar refractivity (Wildman–Crippen MR) is 59.4 cm³/mol. The fourth-order valence-corrected chi connectivity index (χ4v) is 1.38. The number of aryl methyl sites for hydroxylation is 1. The van der Waals surface area contributed by atoms with Crippen LogP contribution in [0.5, 0.6) is 0 Å². The molecule has 1 nitrogen and oxygen atoms in total. The number of hydrogen-bond donors (Lipinski definition) is 0. The van der Waals surface area contributed by atoms with Crippen LogP contribution in [0.3, 0.4) is 0 Å². The first kappa shape index (κ1) is 4.94. The molecule has 1 aromatic carbocycles. The monoisotopic (exact) mass is 208 g/mol. The van der Waals surface area contributed by atoms with Gasteiger partial charge in [-0.15, -0.1) is 0 Å². The van der Waals surface area contributed by atoms with Crippen molar-refractivity contribution < 1.29 is 6.85 Å². The number of nitrogens with zero attached hydrogens (tertiary/aromatic N) is 1. The maximum Gasteiger partial charge on any atom is 0.129 e. The van der Waals surface area contributed by atoms with Crippen LogP contribution in [0.1, 0.15) is 12.4 Å². The second kappa shape index (κ2) is 3.81. The molecule has 0 saturated heterocycles. The van der Waals surface area contributed by atoms with Crippen LogP contribution < -0.4 is 0 Å². The first-order chi connectivity index (χ1) is 8.84. The number of hydrogen-bond acceptors (Lipinski definition) is 1. The molecule has 14 heavy (non-hydrogen) atoms. The van der Waals surface area contributed by atoms with E-state index in [0.29, 0.717) is 16.3 Å².